The van der Waals surface area contributed by atoms with Crippen LogP contribution in [0.3, 0.4) is 0 Å². The standard InChI is InChI=1S/C24H31N3O4S/c28-19-24(29)26-16-14-25(15-17-26)22-11-9-20(10-12-22)18-27-13-5-4-8-23(32(27,30)31)21-6-2-1-3-7-21/h1-3,6-7,9-12,23,28H,4-5,8,13-19H2. The molecule has 8 heteroatoms. The highest BCUT2D eigenvalue weighted by Gasteiger charge is 2.35. The predicted molar refractivity (Wildman–Crippen MR) is 125 cm³/mol. The number of carbonyl (C=O) groups is 1. The number of benzene rings is 2. The van der Waals surface area contributed by atoms with E-state index in [0.29, 0.717) is 45.7 Å². The van der Waals surface area contributed by atoms with Gasteiger partial charge in [0.05, 0.1) is 0 Å². The van der Waals surface area contributed by atoms with Crippen LogP contribution in [0.25, 0.3) is 0 Å². The van der Waals surface area contributed by atoms with Crippen LogP contribution in [0.15, 0.2) is 54.6 Å². The molecular formula is C24H31N3O4S. The Hall–Kier alpha value is -2.42. The minimum atomic E-state index is -3.43. The van der Waals surface area contributed by atoms with Crippen molar-refractivity contribution in [1.29, 1.82) is 0 Å². The maximum Gasteiger partial charge on any atom is 0.248 e. The highest BCUT2D eigenvalue weighted by atomic mass is 32.2. The van der Waals surface area contributed by atoms with Gasteiger partial charge in [-0.15, -0.1) is 0 Å². The Morgan fingerprint density at radius 2 is 1.59 bits per heavy atom. The van der Waals surface area contributed by atoms with Crippen molar-refractivity contribution in [2.75, 3.05) is 44.2 Å². The molecule has 1 unspecified atom stereocenters. The molecule has 2 saturated heterocycles. The van der Waals surface area contributed by atoms with E-state index in [9.17, 15) is 13.2 Å². The second-order valence-corrected chi connectivity index (χ2v) is 10.6. The number of nitrogens with zero attached hydrogens (tertiary/aromatic N) is 3. The number of amides is 1. The SMILES string of the molecule is O=C(CO)N1CCN(c2ccc(CN3CCCCC(c4ccccc4)S3(=O)=O)cc2)CC1. The lowest BCUT2D eigenvalue weighted by Crippen LogP contribution is -2.49. The third-order valence-electron chi connectivity index (χ3n) is 6.44. The first kappa shape index (κ1) is 22.8. The third-order valence-corrected chi connectivity index (χ3v) is 8.70. The maximum atomic E-state index is 13.4. The summed E-state index contributed by atoms with van der Waals surface area (Å²) in [6.45, 7) is 3.09. The van der Waals surface area contributed by atoms with Gasteiger partial charge in [-0.05, 0) is 36.1 Å². The number of hydrogen-bond donors (Lipinski definition) is 1. The van der Waals surface area contributed by atoms with Crippen LogP contribution in [0.2, 0.25) is 0 Å². The molecule has 2 fully saturated rings. The monoisotopic (exact) mass is 457 g/mol. The third kappa shape index (κ3) is 4.98. The van der Waals surface area contributed by atoms with Gasteiger partial charge < -0.3 is 14.9 Å². The van der Waals surface area contributed by atoms with Crippen LogP contribution >= 0.6 is 0 Å². The molecule has 2 aromatic rings. The van der Waals surface area contributed by atoms with Crippen molar-refractivity contribution in [3.8, 4) is 0 Å². The van der Waals surface area contributed by atoms with Crippen LogP contribution < -0.4 is 4.90 Å². The highest BCUT2D eigenvalue weighted by Crippen LogP contribution is 2.34. The summed E-state index contributed by atoms with van der Waals surface area (Å²) in [5.74, 6) is -0.229. The molecular weight excluding hydrogens is 426 g/mol. The average molecular weight is 458 g/mol. The summed E-state index contributed by atoms with van der Waals surface area (Å²) in [6.07, 6.45) is 2.43. The van der Waals surface area contributed by atoms with Gasteiger partial charge in [0, 0.05) is 45.0 Å². The maximum absolute atomic E-state index is 13.4. The fourth-order valence-corrected chi connectivity index (χ4v) is 6.62. The normalized spacial score (nSPS) is 21.8. The molecule has 2 aromatic carbocycles. The van der Waals surface area contributed by atoms with Gasteiger partial charge in [-0.2, -0.15) is 4.31 Å². The quantitative estimate of drug-likeness (QED) is 0.746. The Bertz CT molecular complexity index is 1000. The van der Waals surface area contributed by atoms with Crippen molar-refractivity contribution >= 4 is 21.6 Å². The number of sulfonamides is 1. The minimum absolute atomic E-state index is 0.229. The topological polar surface area (TPSA) is 81.2 Å². The van der Waals surface area contributed by atoms with Crippen LogP contribution in [0.4, 0.5) is 5.69 Å². The van der Waals surface area contributed by atoms with Crippen LogP contribution in [0.5, 0.6) is 0 Å². The van der Waals surface area contributed by atoms with E-state index in [0.717, 1.165) is 29.7 Å². The molecule has 2 aliphatic heterocycles. The molecule has 1 amide bonds. The average Bonchev–Trinajstić information content (AvgIpc) is 2.97. The second kappa shape index (κ2) is 10.0. The summed E-state index contributed by atoms with van der Waals surface area (Å²) >= 11 is 0. The number of rotatable bonds is 5. The lowest BCUT2D eigenvalue weighted by Gasteiger charge is -2.36. The van der Waals surface area contributed by atoms with Crippen molar-refractivity contribution in [2.24, 2.45) is 0 Å². The highest BCUT2D eigenvalue weighted by molar-refractivity contribution is 7.89. The number of hydrogen-bond acceptors (Lipinski definition) is 5. The zero-order valence-electron chi connectivity index (χ0n) is 18.3. The Labute approximate surface area is 190 Å². The van der Waals surface area contributed by atoms with Gasteiger partial charge >= 0.3 is 0 Å². The van der Waals surface area contributed by atoms with E-state index in [1.807, 2.05) is 54.6 Å². The summed E-state index contributed by atoms with van der Waals surface area (Å²) < 4.78 is 28.5. The van der Waals surface area contributed by atoms with Crippen molar-refractivity contribution < 1.29 is 18.3 Å². The number of carbonyl (C=O) groups excluding carboxylic acids is 1. The molecule has 2 aliphatic rings. The van der Waals surface area contributed by atoms with Gasteiger partial charge in [-0.1, -0.05) is 48.9 Å². The van der Waals surface area contributed by atoms with Crippen molar-refractivity contribution in [3.63, 3.8) is 0 Å². The smallest absolute Gasteiger partial charge is 0.248 e. The Balaban J connectivity index is 1.43. The molecule has 0 saturated carbocycles. The van der Waals surface area contributed by atoms with Crippen LogP contribution in [-0.4, -0.2) is 68.0 Å². The summed E-state index contributed by atoms with van der Waals surface area (Å²) in [5.41, 5.74) is 2.90. The predicted octanol–water partition coefficient (Wildman–Crippen LogP) is 2.38. The summed E-state index contributed by atoms with van der Waals surface area (Å²) in [7, 11) is -3.43. The van der Waals surface area contributed by atoms with E-state index in [1.165, 1.54) is 0 Å². The van der Waals surface area contributed by atoms with Crippen molar-refractivity contribution in [3.05, 3.63) is 65.7 Å². The number of aliphatic hydroxyl groups excluding tert-OH is 1. The molecule has 0 aromatic heterocycles. The van der Waals surface area contributed by atoms with Crippen molar-refractivity contribution in [1.82, 2.24) is 9.21 Å². The number of aliphatic hydroxyl groups is 1. The zero-order chi connectivity index (χ0) is 22.6. The lowest BCUT2D eigenvalue weighted by molar-refractivity contribution is -0.134. The molecule has 0 spiro atoms. The Kier molecular flexibility index (Phi) is 7.13. The van der Waals surface area contributed by atoms with Crippen LogP contribution in [-0.2, 0) is 21.4 Å². The first-order valence-electron chi connectivity index (χ1n) is 11.3. The van der Waals surface area contributed by atoms with Gasteiger partial charge in [0.15, 0.2) is 0 Å². The first-order chi connectivity index (χ1) is 15.5. The van der Waals surface area contributed by atoms with Crippen LogP contribution in [0, 0.1) is 0 Å². The van der Waals surface area contributed by atoms with Gasteiger partial charge in [-0.3, -0.25) is 4.79 Å². The van der Waals surface area contributed by atoms with E-state index in [2.05, 4.69) is 4.90 Å². The van der Waals surface area contributed by atoms with Gasteiger partial charge in [-0.25, -0.2) is 8.42 Å². The van der Waals surface area contributed by atoms with E-state index in [1.54, 1.807) is 9.21 Å². The van der Waals surface area contributed by atoms with Crippen molar-refractivity contribution in [2.45, 2.75) is 31.1 Å². The van der Waals surface area contributed by atoms with Gasteiger partial charge in [0.1, 0.15) is 11.9 Å². The Morgan fingerprint density at radius 3 is 2.25 bits per heavy atom. The fraction of sp³-hybridized carbons (Fsp3) is 0.458. The molecule has 2 heterocycles. The summed E-state index contributed by atoms with van der Waals surface area (Å²) in [6, 6.07) is 17.6. The van der Waals surface area contributed by atoms with E-state index in [-0.39, 0.29) is 5.91 Å². The van der Waals surface area contributed by atoms with E-state index in [4.69, 9.17) is 5.11 Å². The first-order valence-corrected chi connectivity index (χ1v) is 12.8. The minimum Gasteiger partial charge on any atom is -0.387 e. The number of piperazine rings is 1. The van der Waals surface area contributed by atoms with E-state index >= 15 is 0 Å². The molecule has 32 heavy (non-hydrogen) atoms. The molecule has 1 atom stereocenters. The van der Waals surface area contributed by atoms with E-state index < -0.39 is 21.9 Å². The number of anilines is 1. The summed E-state index contributed by atoms with van der Waals surface area (Å²) in [5, 5.41) is 8.54. The molecule has 172 valence electrons. The molecule has 1 N–H and O–H groups in total. The van der Waals surface area contributed by atoms with Gasteiger partial charge in [0.25, 0.3) is 0 Å². The largest absolute Gasteiger partial charge is 0.387 e. The van der Waals surface area contributed by atoms with Crippen LogP contribution in [0.1, 0.15) is 35.6 Å². The fourth-order valence-electron chi connectivity index (χ4n) is 4.58. The lowest BCUT2D eigenvalue weighted by atomic mass is 10.1. The summed E-state index contributed by atoms with van der Waals surface area (Å²) in [4.78, 5) is 15.5. The molecule has 0 radical (unpaired) electrons. The zero-order valence-corrected chi connectivity index (χ0v) is 19.1. The molecule has 0 aliphatic carbocycles. The molecule has 7 nitrogen and oxygen atoms in total. The molecule has 4 rings (SSSR count). The Morgan fingerprint density at radius 1 is 0.906 bits per heavy atom. The second-order valence-electron chi connectivity index (χ2n) is 8.47. The molecule has 0 bridgehead atoms. The van der Waals surface area contributed by atoms with Gasteiger partial charge in [0.2, 0.25) is 15.9 Å².